The monoisotopic (exact) mass is 578 g/mol. The lowest BCUT2D eigenvalue weighted by molar-refractivity contribution is -0.121. The predicted molar refractivity (Wildman–Crippen MR) is 149 cm³/mol. The van der Waals surface area contributed by atoms with Gasteiger partial charge in [0.1, 0.15) is 5.54 Å². The fourth-order valence-corrected chi connectivity index (χ4v) is 3.60. The summed E-state index contributed by atoms with van der Waals surface area (Å²) in [7, 11) is 0. The topological polar surface area (TPSA) is 123 Å². The number of nitrogens with one attached hydrogen (secondary N) is 1. The Morgan fingerprint density at radius 2 is 1.00 bits per heavy atom. The van der Waals surface area contributed by atoms with Gasteiger partial charge in [-0.15, -0.1) is 0 Å². The van der Waals surface area contributed by atoms with E-state index in [2.05, 4.69) is 5.32 Å². The van der Waals surface area contributed by atoms with Crippen LogP contribution in [0.3, 0.4) is 0 Å². The molecule has 1 heterocycles. The zero-order valence-corrected chi connectivity index (χ0v) is 25.1. The predicted octanol–water partition coefficient (Wildman–Crippen LogP) is 1.44. The van der Waals surface area contributed by atoms with Gasteiger partial charge in [-0.1, -0.05) is 6.42 Å². The molecule has 1 N–H and O–H groups in total. The van der Waals surface area contributed by atoms with Gasteiger partial charge in [-0.05, 0) is 33.6 Å². The van der Waals surface area contributed by atoms with Crippen molar-refractivity contribution in [3.05, 3.63) is 0 Å². The minimum absolute atomic E-state index is 0.0352. The van der Waals surface area contributed by atoms with E-state index in [0.29, 0.717) is 119 Å². The first kappa shape index (κ1) is 36.6. The first-order valence-electron chi connectivity index (χ1n) is 14.7. The van der Waals surface area contributed by atoms with Crippen molar-refractivity contribution in [3.8, 4) is 0 Å². The molecule has 40 heavy (non-hydrogen) atoms. The van der Waals surface area contributed by atoms with E-state index in [1.807, 2.05) is 25.7 Å². The summed E-state index contributed by atoms with van der Waals surface area (Å²) in [6.45, 7) is 15.6. The third kappa shape index (κ3) is 20.5. The molecule has 1 rings (SSSR count). The zero-order valence-electron chi connectivity index (χ0n) is 25.1. The summed E-state index contributed by atoms with van der Waals surface area (Å²) in [4.78, 5) is 25.2. The van der Waals surface area contributed by atoms with Crippen molar-refractivity contribution < 1.29 is 47.5 Å². The van der Waals surface area contributed by atoms with Crippen LogP contribution in [-0.2, 0) is 47.5 Å². The molecule has 0 bridgehead atoms. The first-order chi connectivity index (χ1) is 19.5. The molecule has 1 aliphatic heterocycles. The Morgan fingerprint density at radius 1 is 0.625 bits per heavy atom. The van der Waals surface area contributed by atoms with Crippen LogP contribution in [0.25, 0.3) is 0 Å². The third-order valence-electron chi connectivity index (χ3n) is 6.06. The minimum atomic E-state index is -0.277. The summed E-state index contributed by atoms with van der Waals surface area (Å²) in [6.07, 6.45) is 3.21. The Balaban J connectivity index is 1.66. The Morgan fingerprint density at radius 3 is 1.38 bits per heavy atom. The van der Waals surface area contributed by atoms with E-state index in [4.69, 9.17) is 37.9 Å². The SMILES string of the molecule is CCOCCOCCOCCOCCOCCOCCOCCOCCNC(=O)CCCCCN1C(=O)C1(C)C. The molecule has 0 aromatic rings. The van der Waals surface area contributed by atoms with Gasteiger partial charge in [-0.2, -0.15) is 0 Å². The maximum atomic E-state index is 11.8. The van der Waals surface area contributed by atoms with Crippen LogP contribution in [0, 0.1) is 0 Å². The largest absolute Gasteiger partial charge is 0.379 e. The number of hydrogen-bond acceptors (Lipinski definition) is 10. The molecule has 0 unspecified atom stereocenters. The second kappa shape index (κ2) is 25.3. The molecular weight excluding hydrogens is 524 g/mol. The average molecular weight is 579 g/mol. The van der Waals surface area contributed by atoms with Crippen LogP contribution in [0.2, 0.25) is 0 Å². The van der Waals surface area contributed by atoms with Crippen LogP contribution in [0.15, 0.2) is 0 Å². The van der Waals surface area contributed by atoms with E-state index in [9.17, 15) is 9.59 Å². The number of unbranched alkanes of at least 4 members (excludes halogenated alkanes) is 2. The van der Waals surface area contributed by atoms with Gasteiger partial charge in [0.05, 0.1) is 99.1 Å². The summed E-state index contributed by atoms with van der Waals surface area (Å²) in [5.41, 5.74) is -0.277. The van der Waals surface area contributed by atoms with E-state index in [-0.39, 0.29) is 17.4 Å². The van der Waals surface area contributed by atoms with Crippen molar-refractivity contribution in [3.63, 3.8) is 0 Å². The maximum Gasteiger partial charge on any atom is 0.248 e. The Hall–Kier alpha value is -1.38. The summed E-state index contributed by atoms with van der Waals surface area (Å²) in [5, 5.41) is 2.86. The van der Waals surface area contributed by atoms with Crippen molar-refractivity contribution in [2.24, 2.45) is 0 Å². The van der Waals surface area contributed by atoms with Crippen LogP contribution in [0.4, 0.5) is 0 Å². The molecule has 0 aromatic heterocycles. The summed E-state index contributed by atoms with van der Waals surface area (Å²) in [6, 6.07) is 0. The van der Waals surface area contributed by atoms with Crippen molar-refractivity contribution >= 4 is 11.8 Å². The molecular formula is C28H54N2O10. The molecule has 0 saturated carbocycles. The quantitative estimate of drug-likeness (QED) is 0.0955. The number of rotatable bonds is 31. The average Bonchev–Trinajstić information content (AvgIpc) is 3.42. The van der Waals surface area contributed by atoms with Gasteiger partial charge >= 0.3 is 0 Å². The van der Waals surface area contributed by atoms with Crippen molar-refractivity contribution in [2.45, 2.75) is 52.0 Å². The molecule has 0 aromatic carbocycles. The van der Waals surface area contributed by atoms with Crippen molar-refractivity contribution in [2.75, 3.05) is 119 Å². The summed E-state index contributed by atoms with van der Waals surface area (Å²) >= 11 is 0. The molecule has 2 amide bonds. The van der Waals surface area contributed by atoms with E-state index < -0.39 is 0 Å². The molecule has 0 spiro atoms. The van der Waals surface area contributed by atoms with Gasteiger partial charge in [0, 0.05) is 26.1 Å². The Kier molecular flexibility index (Phi) is 23.2. The lowest BCUT2D eigenvalue weighted by atomic mass is 10.2. The Labute approximate surface area is 240 Å². The first-order valence-corrected chi connectivity index (χ1v) is 14.7. The number of carbonyl (C=O) groups is 2. The smallest absolute Gasteiger partial charge is 0.248 e. The number of hydrogen-bond donors (Lipinski definition) is 1. The van der Waals surface area contributed by atoms with Gasteiger partial charge in [-0.3, -0.25) is 9.59 Å². The number of carbonyl (C=O) groups excluding carboxylic acids is 2. The van der Waals surface area contributed by atoms with E-state index in [1.54, 1.807) is 0 Å². The highest BCUT2D eigenvalue weighted by Crippen LogP contribution is 2.33. The van der Waals surface area contributed by atoms with E-state index >= 15 is 0 Å². The van der Waals surface area contributed by atoms with Crippen LogP contribution < -0.4 is 5.32 Å². The van der Waals surface area contributed by atoms with Gasteiger partial charge < -0.3 is 48.1 Å². The second-order valence-electron chi connectivity index (χ2n) is 9.66. The lowest BCUT2D eigenvalue weighted by Gasteiger charge is -2.09. The van der Waals surface area contributed by atoms with Crippen molar-refractivity contribution in [1.82, 2.24) is 10.2 Å². The van der Waals surface area contributed by atoms with Crippen LogP contribution in [-0.4, -0.2) is 141 Å². The zero-order chi connectivity index (χ0) is 29.2. The molecule has 236 valence electrons. The number of nitrogens with zero attached hydrogens (tertiary/aromatic N) is 1. The van der Waals surface area contributed by atoms with Gasteiger partial charge in [0.15, 0.2) is 0 Å². The molecule has 1 aliphatic rings. The maximum absolute atomic E-state index is 11.8. The molecule has 1 saturated heterocycles. The van der Waals surface area contributed by atoms with Crippen LogP contribution in [0.1, 0.15) is 46.5 Å². The van der Waals surface area contributed by atoms with E-state index in [0.717, 1.165) is 25.8 Å². The highest BCUT2D eigenvalue weighted by Gasteiger charge is 2.53. The second-order valence-corrected chi connectivity index (χ2v) is 9.66. The standard InChI is InChI=1S/C28H54N2O10/c1-4-33-12-13-35-16-17-37-20-21-39-24-25-40-23-22-38-19-18-36-15-14-34-11-9-29-26(31)8-6-5-7-10-30-27(32)28(30,2)3/h4-25H2,1-3H3,(H,29,31). The van der Waals surface area contributed by atoms with Gasteiger partial charge in [-0.25, -0.2) is 0 Å². The molecule has 0 atom stereocenters. The number of ether oxygens (including phenoxy) is 8. The minimum Gasteiger partial charge on any atom is -0.379 e. The Bertz CT molecular complexity index is 624. The fraction of sp³-hybridized carbons (Fsp3) is 0.929. The lowest BCUT2D eigenvalue weighted by Crippen LogP contribution is -2.27. The molecule has 0 radical (unpaired) electrons. The highest BCUT2D eigenvalue weighted by molar-refractivity contribution is 6.01. The summed E-state index contributed by atoms with van der Waals surface area (Å²) in [5.74, 6) is 0.251. The molecule has 1 fully saturated rings. The molecule has 12 nitrogen and oxygen atoms in total. The number of amides is 2. The van der Waals surface area contributed by atoms with Gasteiger partial charge in [0.2, 0.25) is 11.8 Å². The van der Waals surface area contributed by atoms with Gasteiger partial charge in [0.25, 0.3) is 0 Å². The molecule has 0 aliphatic carbocycles. The summed E-state index contributed by atoms with van der Waals surface area (Å²) < 4.78 is 43.2. The normalized spacial score (nSPS) is 14.2. The fourth-order valence-electron chi connectivity index (χ4n) is 3.60. The van der Waals surface area contributed by atoms with Crippen LogP contribution in [0.5, 0.6) is 0 Å². The van der Waals surface area contributed by atoms with E-state index in [1.165, 1.54) is 0 Å². The third-order valence-corrected chi connectivity index (χ3v) is 6.06. The molecule has 12 heteroatoms. The highest BCUT2D eigenvalue weighted by atomic mass is 16.6. The van der Waals surface area contributed by atoms with Crippen LogP contribution >= 0.6 is 0 Å². The van der Waals surface area contributed by atoms with Crippen molar-refractivity contribution in [1.29, 1.82) is 0 Å².